The molecule has 78 valence electrons. The van der Waals surface area contributed by atoms with Gasteiger partial charge in [-0.2, -0.15) is 0 Å². The van der Waals surface area contributed by atoms with Gasteiger partial charge in [-0.3, -0.25) is 0 Å². The molecule has 0 spiro atoms. The van der Waals surface area contributed by atoms with Crippen LogP contribution in [-0.4, -0.2) is 12.5 Å². The lowest BCUT2D eigenvalue weighted by Gasteiger charge is -2.08. The van der Waals surface area contributed by atoms with E-state index in [1.165, 1.54) is 11.1 Å². The molecule has 1 rings (SSSR count). The second-order valence-corrected chi connectivity index (χ2v) is 3.70. The first-order valence-electron chi connectivity index (χ1n) is 5.06. The standard InChI is InChI=1S/C12H17ClO/c1-3-14-12-9-11(5-4-8-13)7-6-10(12)2/h6-7,9H,3-5,8H2,1-2H3. The van der Waals surface area contributed by atoms with Gasteiger partial charge >= 0.3 is 0 Å². The van der Waals surface area contributed by atoms with Crippen LogP contribution in [0.4, 0.5) is 0 Å². The zero-order valence-electron chi connectivity index (χ0n) is 8.85. The van der Waals surface area contributed by atoms with Gasteiger partial charge < -0.3 is 4.74 Å². The van der Waals surface area contributed by atoms with E-state index in [0.29, 0.717) is 0 Å². The highest BCUT2D eigenvalue weighted by Gasteiger charge is 2.00. The summed E-state index contributed by atoms with van der Waals surface area (Å²) in [7, 11) is 0. The van der Waals surface area contributed by atoms with E-state index in [1.54, 1.807) is 0 Å². The predicted molar refractivity (Wildman–Crippen MR) is 61.4 cm³/mol. The van der Waals surface area contributed by atoms with Gasteiger partial charge in [0.05, 0.1) is 6.61 Å². The Labute approximate surface area is 91.0 Å². The molecule has 0 atom stereocenters. The molecule has 0 aromatic heterocycles. The van der Waals surface area contributed by atoms with Crippen molar-refractivity contribution in [2.24, 2.45) is 0 Å². The van der Waals surface area contributed by atoms with Crippen molar-refractivity contribution in [2.75, 3.05) is 12.5 Å². The molecule has 1 aromatic carbocycles. The van der Waals surface area contributed by atoms with E-state index in [-0.39, 0.29) is 0 Å². The summed E-state index contributed by atoms with van der Waals surface area (Å²) >= 11 is 5.65. The summed E-state index contributed by atoms with van der Waals surface area (Å²) in [6.45, 7) is 4.79. The highest BCUT2D eigenvalue weighted by atomic mass is 35.5. The Morgan fingerprint density at radius 1 is 1.36 bits per heavy atom. The van der Waals surface area contributed by atoms with Gasteiger partial charge in [-0.05, 0) is 43.9 Å². The van der Waals surface area contributed by atoms with E-state index >= 15 is 0 Å². The maximum atomic E-state index is 5.65. The van der Waals surface area contributed by atoms with E-state index in [1.807, 2.05) is 6.92 Å². The Morgan fingerprint density at radius 3 is 2.79 bits per heavy atom. The van der Waals surface area contributed by atoms with Gasteiger partial charge in [0, 0.05) is 5.88 Å². The zero-order valence-corrected chi connectivity index (χ0v) is 9.60. The highest BCUT2D eigenvalue weighted by Crippen LogP contribution is 2.20. The number of hydrogen-bond acceptors (Lipinski definition) is 1. The van der Waals surface area contributed by atoms with Crippen LogP contribution in [0.5, 0.6) is 5.75 Å². The first kappa shape index (κ1) is 11.4. The molecule has 0 heterocycles. The molecule has 0 aliphatic carbocycles. The molecule has 0 aliphatic heterocycles. The molecule has 0 unspecified atom stereocenters. The summed E-state index contributed by atoms with van der Waals surface area (Å²) in [5.41, 5.74) is 2.50. The smallest absolute Gasteiger partial charge is 0.122 e. The van der Waals surface area contributed by atoms with Crippen molar-refractivity contribution in [1.29, 1.82) is 0 Å². The summed E-state index contributed by atoms with van der Waals surface area (Å²) in [6.07, 6.45) is 2.06. The lowest BCUT2D eigenvalue weighted by atomic mass is 10.1. The largest absolute Gasteiger partial charge is 0.494 e. The Hall–Kier alpha value is -0.690. The van der Waals surface area contributed by atoms with Gasteiger partial charge in [-0.1, -0.05) is 12.1 Å². The number of hydrogen-bond donors (Lipinski definition) is 0. The predicted octanol–water partition coefficient (Wildman–Crippen LogP) is 3.57. The van der Waals surface area contributed by atoms with E-state index in [9.17, 15) is 0 Å². The molecule has 1 nitrogen and oxygen atoms in total. The minimum absolute atomic E-state index is 0.720. The van der Waals surface area contributed by atoms with Crippen LogP contribution in [0.1, 0.15) is 24.5 Å². The van der Waals surface area contributed by atoms with Gasteiger partial charge in [0.1, 0.15) is 5.75 Å². The van der Waals surface area contributed by atoms with Crippen LogP contribution in [-0.2, 0) is 6.42 Å². The van der Waals surface area contributed by atoms with Crippen LogP contribution in [0, 0.1) is 6.92 Å². The maximum Gasteiger partial charge on any atom is 0.122 e. The summed E-state index contributed by atoms with van der Waals surface area (Å²) < 4.78 is 5.52. The maximum absolute atomic E-state index is 5.65. The van der Waals surface area contributed by atoms with Crippen LogP contribution in [0.25, 0.3) is 0 Å². The molecule has 14 heavy (non-hydrogen) atoms. The third kappa shape index (κ3) is 3.22. The molecule has 0 bridgehead atoms. The van der Waals surface area contributed by atoms with Crippen LogP contribution < -0.4 is 4.74 Å². The normalized spacial score (nSPS) is 10.2. The summed E-state index contributed by atoms with van der Waals surface area (Å²) in [4.78, 5) is 0. The van der Waals surface area contributed by atoms with Gasteiger partial charge in [0.25, 0.3) is 0 Å². The molecule has 0 fully saturated rings. The Bertz CT molecular complexity index is 284. The first-order valence-corrected chi connectivity index (χ1v) is 5.59. The molecule has 0 amide bonds. The van der Waals surface area contributed by atoms with Crippen LogP contribution in [0.3, 0.4) is 0 Å². The quantitative estimate of drug-likeness (QED) is 0.679. The molecule has 0 N–H and O–H groups in total. The SMILES string of the molecule is CCOc1cc(CCCCl)ccc1C. The second-order valence-electron chi connectivity index (χ2n) is 3.33. The molecular formula is C12H17ClO. The number of alkyl halides is 1. The molecule has 0 saturated heterocycles. The van der Waals surface area contributed by atoms with Gasteiger partial charge in [0.2, 0.25) is 0 Å². The van der Waals surface area contributed by atoms with Crippen molar-refractivity contribution in [3.63, 3.8) is 0 Å². The lowest BCUT2D eigenvalue weighted by Crippen LogP contribution is -1.95. The van der Waals surface area contributed by atoms with E-state index < -0.39 is 0 Å². The van der Waals surface area contributed by atoms with Crippen molar-refractivity contribution in [3.05, 3.63) is 29.3 Å². The van der Waals surface area contributed by atoms with E-state index in [2.05, 4.69) is 25.1 Å². The van der Waals surface area contributed by atoms with Crippen molar-refractivity contribution in [1.82, 2.24) is 0 Å². The topological polar surface area (TPSA) is 9.23 Å². The Morgan fingerprint density at radius 2 is 2.14 bits per heavy atom. The summed E-state index contributed by atoms with van der Waals surface area (Å²) in [6, 6.07) is 6.37. The van der Waals surface area contributed by atoms with Crippen molar-refractivity contribution in [2.45, 2.75) is 26.7 Å². The summed E-state index contributed by atoms with van der Waals surface area (Å²) in [5.74, 6) is 1.72. The number of aryl methyl sites for hydroxylation is 2. The first-order chi connectivity index (χ1) is 6.77. The summed E-state index contributed by atoms with van der Waals surface area (Å²) in [5, 5.41) is 0. The molecule has 2 heteroatoms. The second kappa shape index (κ2) is 5.92. The van der Waals surface area contributed by atoms with Gasteiger partial charge in [0.15, 0.2) is 0 Å². The fourth-order valence-corrected chi connectivity index (χ4v) is 1.52. The highest BCUT2D eigenvalue weighted by molar-refractivity contribution is 6.17. The molecular weight excluding hydrogens is 196 g/mol. The third-order valence-electron chi connectivity index (χ3n) is 2.15. The number of halogens is 1. The van der Waals surface area contributed by atoms with Gasteiger partial charge in [-0.15, -0.1) is 11.6 Å². The minimum atomic E-state index is 0.720. The number of ether oxygens (including phenoxy) is 1. The fourth-order valence-electron chi connectivity index (χ4n) is 1.38. The Balaban J connectivity index is 2.72. The van der Waals surface area contributed by atoms with Crippen molar-refractivity contribution < 1.29 is 4.74 Å². The molecule has 0 radical (unpaired) electrons. The molecule has 0 aliphatic rings. The lowest BCUT2D eigenvalue weighted by molar-refractivity contribution is 0.337. The molecule has 1 aromatic rings. The van der Waals surface area contributed by atoms with Crippen LogP contribution in [0.15, 0.2) is 18.2 Å². The zero-order chi connectivity index (χ0) is 10.4. The third-order valence-corrected chi connectivity index (χ3v) is 2.42. The van der Waals surface area contributed by atoms with E-state index in [0.717, 1.165) is 31.1 Å². The van der Waals surface area contributed by atoms with E-state index in [4.69, 9.17) is 16.3 Å². The van der Waals surface area contributed by atoms with Crippen molar-refractivity contribution >= 4 is 11.6 Å². The fraction of sp³-hybridized carbons (Fsp3) is 0.500. The van der Waals surface area contributed by atoms with Crippen molar-refractivity contribution in [3.8, 4) is 5.75 Å². The van der Waals surface area contributed by atoms with Gasteiger partial charge in [-0.25, -0.2) is 0 Å². The molecule has 0 saturated carbocycles. The van der Waals surface area contributed by atoms with Crippen LogP contribution >= 0.6 is 11.6 Å². The average molecular weight is 213 g/mol. The number of benzene rings is 1. The monoisotopic (exact) mass is 212 g/mol. The Kier molecular flexibility index (Phi) is 4.81. The van der Waals surface area contributed by atoms with Crippen LogP contribution in [0.2, 0.25) is 0 Å². The average Bonchev–Trinajstić information content (AvgIpc) is 2.19. The minimum Gasteiger partial charge on any atom is -0.494 e. The number of rotatable bonds is 5.